The number of nitrogens with one attached hydrogen (secondary N) is 1. The molecule has 5 heteroatoms. The first-order chi connectivity index (χ1) is 15.8. The molecule has 0 aromatic heterocycles. The van der Waals surface area contributed by atoms with Gasteiger partial charge in [-0.05, 0) is 60.1 Å². The summed E-state index contributed by atoms with van der Waals surface area (Å²) < 4.78 is 6.06. The third-order valence-corrected chi connectivity index (χ3v) is 6.98. The Morgan fingerprint density at radius 2 is 1.76 bits per heavy atom. The van der Waals surface area contributed by atoms with Gasteiger partial charge in [0.25, 0.3) is 0 Å². The number of carbonyl (C=O) groups is 2. The zero-order valence-electron chi connectivity index (χ0n) is 19.0. The van der Waals surface area contributed by atoms with Crippen LogP contribution in [0.3, 0.4) is 0 Å². The first-order valence-corrected chi connectivity index (χ1v) is 12.0. The zero-order valence-corrected chi connectivity index (χ0v) is 19.8. The van der Waals surface area contributed by atoms with Crippen molar-refractivity contribution in [2.75, 3.05) is 0 Å². The molecule has 0 fully saturated rings. The van der Waals surface area contributed by atoms with Gasteiger partial charge in [0.1, 0.15) is 12.4 Å². The lowest BCUT2D eigenvalue weighted by Gasteiger charge is -2.41. The van der Waals surface area contributed by atoms with Crippen LogP contribution in [0.4, 0.5) is 0 Å². The van der Waals surface area contributed by atoms with E-state index in [1.165, 1.54) is 0 Å². The van der Waals surface area contributed by atoms with Gasteiger partial charge in [0, 0.05) is 46.3 Å². The minimum absolute atomic E-state index is 0.0911. The van der Waals surface area contributed by atoms with Crippen molar-refractivity contribution < 1.29 is 14.3 Å². The Labute approximate surface area is 199 Å². The molecule has 0 bridgehead atoms. The molecule has 2 aromatic carbocycles. The van der Waals surface area contributed by atoms with Crippen LogP contribution in [0.1, 0.15) is 63.0 Å². The van der Waals surface area contributed by atoms with Crippen molar-refractivity contribution >= 4 is 23.2 Å². The van der Waals surface area contributed by atoms with Gasteiger partial charge < -0.3 is 10.1 Å². The fourth-order valence-electron chi connectivity index (χ4n) is 5.35. The number of rotatable bonds is 4. The van der Waals surface area contributed by atoms with Crippen LogP contribution in [-0.2, 0) is 16.2 Å². The van der Waals surface area contributed by atoms with Gasteiger partial charge in [0.15, 0.2) is 11.6 Å². The van der Waals surface area contributed by atoms with Gasteiger partial charge in [0.2, 0.25) is 0 Å². The maximum atomic E-state index is 13.4. The van der Waals surface area contributed by atoms with E-state index in [0.717, 1.165) is 52.9 Å². The topological polar surface area (TPSA) is 55.4 Å². The molecule has 3 aliphatic rings. The smallest absolute Gasteiger partial charge is 0.162 e. The summed E-state index contributed by atoms with van der Waals surface area (Å²) in [4.78, 5) is 26.4. The van der Waals surface area contributed by atoms with E-state index in [1.54, 1.807) is 0 Å². The average Bonchev–Trinajstić information content (AvgIpc) is 2.76. The van der Waals surface area contributed by atoms with Gasteiger partial charge in [0.05, 0.1) is 0 Å². The lowest BCUT2D eigenvalue weighted by atomic mass is 9.67. The maximum Gasteiger partial charge on any atom is 0.162 e. The second-order valence-electron chi connectivity index (χ2n) is 10.1. The van der Waals surface area contributed by atoms with E-state index in [-0.39, 0.29) is 22.9 Å². The number of ether oxygens (including phenoxy) is 1. The van der Waals surface area contributed by atoms with Gasteiger partial charge in [-0.25, -0.2) is 0 Å². The lowest BCUT2D eigenvalue weighted by molar-refractivity contribution is -0.118. The quantitative estimate of drug-likeness (QED) is 0.584. The number of halogens is 1. The fraction of sp³-hybridized carbons (Fsp3) is 0.357. The molecule has 0 saturated carbocycles. The zero-order chi connectivity index (χ0) is 23.2. The maximum absolute atomic E-state index is 13.4. The first kappa shape index (κ1) is 22.0. The van der Waals surface area contributed by atoms with Gasteiger partial charge in [-0.3, -0.25) is 9.59 Å². The molecule has 1 aliphatic heterocycles. The lowest BCUT2D eigenvalue weighted by Crippen LogP contribution is -2.39. The second kappa shape index (κ2) is 8.49. The Bertz CT molecular complexity index is 1210. The van der Waals surface area contributed by atoms with Crippen molar-refractivity contribution in [3.8, 4) is 5.75 Å². The molecule has 1 heterocycles. The van der Waals surface area contributed by atoms with Gasteiger partial charge >= 0.3 is 0 Å². The summed E-state index contributed by atoms with van der Waals surface area (Å²) in [6.07, 6.45) is 3.52. The molecule has 5 rings (SSSR count). The highest BCUT2D eigenvalue weighted by molar-refractivity contribution is 6.30. The van der Waals surface area contributed by atoms with Crippen molar-refractivity contribution in [2.24, 2.45) is 5.41 Å². The third kappa shape index (κ3) is 4.37. The predicted molar refractivity (Wildman–Crippen MR) is 129 cm³/mol. The Hall–Kier alpha value is -2.85. The summed E-state index contributed by atoms with van der Waals surface area (Å²) in [6.45, 7) is 4.65. The van der Waals surface area contributed by atoms with E-state index in [1.807, 2.05) is 48.5 Å². The summed E-state index contributed by atoms with van der Waals surface area (Å²) in [5.41, 5.74) is 5.33. The van der Waals surface area contributed by atoms with E-state index in [9.17, 15) is 9.59 Å². The predicted octanol–water partition coefficient (Wildman–Crippen LogP) is 6.26. The van der Waals surface area contributed by atoms with Gasteiger partial charge in [-0.2, -0.15) is 0 Å². The standard InChI is InChI=1S/C28H28ClNO3/c1-28(2)14-22-27(24(32)15-28)25(26-21(30-22)10-5-11-23(26)31)18-7-4-9-20(13-18)33-16-17-6-3-8-19(29)12-17/h3-4,6-9,12-13,25,30H,5,10-11,14-16H2,1-2H3/t25-/m1/s1. The highest BCUT2D eigenvalue weighted by Crippen LogP contribution is 2.48. The number of ketones is 2. The van der Waals surface area contributed by atoms with Crippen molar-refractivity contribution in [1.29, 1.82) is 0 Å². The van der Waals surface area contributed by atoms with Crippen molar-refractivity contribution in [3.63, 3.8) is 0 Å². The molecule has 0 radical (unpaired) electrons. The van der Waals surface area contributed by atoms with Crippen LogP contribution >= 0.6 is 11.6 Å². The van der Waals surface area contributed by atoms with Crippen LogP contribution in [0.5, 0.6) is 5.75 Å². The van der Waals surface area contributed by atoms with E-state index >= 15 is 0 Å². The molecule has 0 saturated heterocycles. The van der Waals surface area contributed by atoms with Crippen LogP contribution in [0.2, 0.25) is 5.02 Å². The molecule has 2 aromatic rings. The molecule has 0 unspecified atom stereocenters. The summed E-state index contributed by atoms with van der Waals surface area (Å²) in [5, 5.41) is 4.19. The van der Waals surface area contributed by atoms with Gasteiger partial charge in [-0.15, -0.1) is 0 Å². The normalized spacial score (nSPS) is 22.0. The summed E-state index contributed by atoms with van der Waals surface area (Å²) >= 11 is 6.10. The molecule has 170 valence electrons. The van der Waals surface area contributed by atoms with Crippen LogP contribution in [0, 0.1) is 5.41 Å². The van der Waals surface area contributed by atoms with Crippen molar-refractivity contribution in [2.45, 2.75) is 58.5 Å². The van der Waals surface area contributed by atoms with Crippen LogP contribution in [-0.4, -0.2) is 11.6 Å². The highest BCUT2D eigenvalue weighted by Gasteiger charge is 2.43. The molecular formula is C28H28ClNO3. The minimum atomic E-state index is -0.331. The molecule has 0 amide bonds. The number of Topliss-reactive ketones (excluding diaryl/α,β-unsaturated/α-hetero) is 2. The molecule has 1 N–H and O–H groups in total. The summed E-state index contributed by atoms with van der Waals surface area (Å²) in [7, 11) is 0. The fourth-order valence-corrected chi connectivity index (χ4v) is 5.56. The number of dihydropyridines is 1. The molecule has 2 aliphatic carbocycles. The Morgan fingerprint density at radius 1 is 0.970 bits per heavy atom. The molecular weight excluding hydrogens is 434 g/mol. The van der Waals surface area contributed by atoms with E-state index in [0.29, 0.717) is 30.2 Å². The Balaban J connectivity index is 1.52. The van der Waals surface area contributed by atoms with E-state index < -0.39 is 0 Å². The minimum Gasteiger partial charge on any atom is -0.489 e. The van der Waals surface area contributed by atoms with Crippen LogP contribution in [0.15, 0.2) is 71.1 Å². The van der Waals surface area contributed by atoms with Gasteiger partial charge in [-0.1, -0.05) is 49.7 Å². The van der Waals surface area contributed by atoms with E-state index in [4.69, 9.17) is 16.3 Å². The molecule has 1 atom stereocenters. The Kier molecular flexibility index (Phi) is 5.65. The summed E-state index contributed by atoms with van der Waals surface area (Å²) in [6, 6.07) is 15.4. The van der Waals surface area contributed by atoms with Crippen LogP contribution < -0.4 is 10.1 Å². The van der Waals surface area contributed by atoms with Crippen molar-refractivity contribution in [3.05, 3.63) is 87.2 Å². The first-order valence-electron chi connectivity index (χ1n) is 11.6. The molecule has 33 heavy (non-hydrogen) atoms. The number of benzene rings is 2. The van der Waals surface area contributed by atoms with E-state index in [2.05, 4.69) is 19.2 Å². The number of allylic oxidation sites excluding steroid dienone is 4. The molecule has 4 nitrogen and oxygen atoms in total. The number of carbonyl (C=O) groups excluding carboxylic acids is 2. The summed E-state index contributed by atoms with van der Waals surface area (Å²) in [5.74, 6) is 0.654. The SMILES string of the molecule is CC1(C)CC(=O)C2=C(C1)NC1=C(C(=O)CCC1)[C@H]2c1cccc(OCc2cccc(Cl)c2)c1. The number of hydrogen-bond acceptors (Lipinski definition) is 4. The average molecular weight is 462 g/mol. The van der Waals surface area contributed by atoms with Crippen molar-refractivity contribution in [1.82, 2.24) is 5.32 Å². The van der Waals surface area contributed by atoms with Crippen LogP contribution in [0.25, 0.3) is 0 Å². The molecule has 0 spiro atoms. The Morgan fingerprint density at radius 3 is 2.58 bits per heavy atom. The monoisotopic (exact) mass is 461 g/mol. The number of hydrogen-bond donors (Lipinski definition) is 1. The largest absolute Gasteiger partial charge is 0.489 e. The highest BCUT2D eigenvalue weighted by atomic mass is 35.5. The second-order valence-corrected chi connectivity index (χ2v) is 10.5. The third-order valence-electron chi connectivity index (χ3n) is 6.74.